The third-order valence-corrected chi connectivity index (χ3v) is 5.40. The molecule has 0 amide bonds. The minimum atomic E-state index is -0.631. The summed E-state index contributed by atoms with van der Waals surface area (Å²) in [5.41, 5.74) is 3.50. The van der Waals surface area contributed by atoms with Gasteiger partial charge in [0.1, 0.15) is 5.65 Å². The van der Waals surface area contributed by atoms with Crippen LogP contribution in [0.15, 0.2) is 58.1 Å². The number of hydrogen-bond donors (Lipinski definition) is 2. The Bertz CT molecular complexity index is 1430. The molecule has 29 heavy (non-hydrogen) atoms. The van der Waals surface area contributed by atoms with Crippen molar-refractivity contribution in [2.24, 2.45) is 0 Å². The van der Waals surface area contributed by atoms with Crippen molar-refractivity contribution < 1.29 is 4.79 Å². The Hall–Kier alpha value is -3.80. The molecule has 0 bridgehead atoms. The zero-order chi connectivity index (χ0) is 20.3. The maximum atomic E-state index is 13.3. The molecule has 0 aliphatic heterocycles. The van der Waals surface area contributed by atoms with Gasteiger partial charge in [-0.2, -0.15) is 0 Å². The van der Waals surface area contributed by atoms with Crippen molar-refractivity contribution in [1.29, 1.82) is 0 Å². The average molecular weight is 383 g/mol. The smallest absolute Gasteiger partial charge is 0.291 e. The molecule has 4 aromatic rings. The Labute approximate surface area is 165 Å². The van der Waals surface area contributed by atoms with E-state index in [4.69, 9.17) is 0 Å². The summed E-state index contributed by atoms with van der Waals surface area (Å²) in [4.78, 5) is 47.2. The summed E-state index contributed by atoms with van der Waals surface area (Å²) in [5, 5.41) is 0.210. The standard InChI is InChI=1S/C23H17N3O3/c1-11(2)12-7-9-13(10-8-12)16-17-19(14-5-3-4-6-15(14)20(17)27)24-21-18(16)22(28)26-23(29)25-21/h3-11H,1-2H3,(H2,24,25,26,28,29). The molecule has 0 spiro atoms. The van der Waals surface area contributed by atoms with E-state index in [1.807, 2.05) is 36.4 Å². The molecule has 0 unspecified atom stereocenters. The average Bonchev–Trinajstić information content (AvgIpc) is 2.99. The lowest BCUT2D eigenvalue weighted by molar-refractivity contribution is 0.104. The number of pyridine rings is 1. The molecule has 6 nitrogen and oxygen atoms in total. The summed E-state index contributed by atoms with van der Waals surface area (Å²) in [6, 6.07) is 15.0. The molecule has 0 saturated carbocycles. The Balaban J connectivity index is 1.93. The van der Waals surface area contributed by atoms with Crippen LogP contribution in [0.3, 0.4) is 0 Å². The van der Waals surface area contributed by atoms with Crippen LogP contribution in [0.4, 0.5) is 0 Å². The molecule has 0 radical (unpaired) electrons. The first kappa shape index (κ1) is 17.3. The third kappa shape index (κ3) is 2.49. The number of nitrogens with zero attached hydrogens (tertiary/aromatic N) is 1. The lowest BCUT2D eigenvalue weighted by Crippen LogP contribution is -2.23. The predicted octanol–water partition coefficient (Wildman–Crippen LogP) is 3.61. The Morgan fingerprint density at radius 2 is 1.52 bits per heavy atom. The van der Waals surface area contributed by atoms with Gasteiger partial charge in [-0.25, -0.2) is 9.78 Å². The van der Waals surface area contributed by atoms with Crippen LogP contribution in [-0.2, 0) is 0 Å². The molecule has 0 saturated heterocycles. The molecule has 2 aromatic heterocycles. The van der Waals surface area contributed by atoms with Crippen molar-refractivity contribution in [1.82, 2.24) is 15.0 Å². The molecule has 142 valence electrons. The van der Waals surface area contributed by atoms with Gasteiger partial charge in [0.05, 0.1) is 16.6 Å². The largest absolute Gasteiger partial charge is 0.327 e. The molecule has 1 aliphatic carbocycles. The number of fused-ring (bicyclic) bond motifs is 4. The highest BCUT2D eigenvalue weighted by Gasteiger charge is 2.33. The molecule has 2 heterocycles. The highest BCUT2D eigenvalue weighted by Crippen LogP contribution is 2.42. The Morgan fingerprint density at radius 3 is 2.21 bits per heavy atom. The molecule has 6 heteroatoms. The lowest BCUT2D eigenvalue weighted by Gasteiger charge is -2.12. The third-order valence-electron chi connectivity index (χ3n) is 5.40. The molecule has 0 atom stereocenters. The minimum Gasteiger partial charge on any atom is -0.291 e. The van der Waals surface area contributed by atoms with E-state index in [0.29, 0.717) is 33.9 Å². The normalized spacial score (nSPS) is 12.4. The number of carbonyl (C=O) groups excluding carboxylic acids is 1. The van der Waals surface area contributed by atoms with Crippen molar-refractivity contribution in [2.75, 3.05) is 0 Å². The zero-order valence-corrected chi connectivity index (χ0v) is 15.9. The zero-order valence-electron chi connectivity index (χ0n) is 15.9. The molecule has 2 N–H and O–H groups in total. The Morgan fingerprint density at radius 1 is 0.828 bits per heavy atom. The van der Waals surface area contributed by atoms with Crippen molar-refractivity contribution >= 4 is 16.8 Å². The minimum absolute atomic E-state index is 0.168. The quantitative estimate of drug-likeness (QED) is 0.487. The van der Waals surface area contributed by atoms with Gasteiger partial charge in [0.25, 0.3) is 5.56 Å². The van der Waals surface area contributed by atoms with Gasteiger partial charge in [-0.3, -0.25) is 19.6 Å². The van der Waals surface area contributed by atoms with E-state index >= 15 is 0 Å². The number of aromatic amines is 2. The van der Waals surface area contributed by atoms with Crippen LogP contribution in [0, 0.1) is 0 Å². The van der Waals surface area contributed by atoms with Crippen LogP contribution in [0.25, 0.3) is 33.4 Å². The highest BCUT2D eigenvalue weighted by molar-refractivity contribution is 6.26. The van der Waals surface area contributed by atoms with Gasteiger partial charge in [-0.15, -0.1) is 0 Å². The van der Waals surface area contributed by atoms with Crippen LogP contribution >= 0.6 is 0 Å². The first-order valence-electron chi connectivity index (χ1n) is 9.40. The fourth-order valence-electron chi connectivity index (χ4n) is 3.96. The van der Waals surface area contributed by atoms with Gasteiger partial charge < -0.3 is 0 Å². The second-order valence-corrected chi connectivity index (χ2v) is 7.49. The van der Waals surface area contributed by atoms with Gasteiger partial charge in [0.15, 0.2) is 5.78 Å². The van der Waals surface area contributed by atoms with Crippen molar-refractivity contribution in [2.45, 2.75) is 19.8 Å². The fraction of sp³-hybridized carbons (Fsp3) is 0.130. The van der Waals surface area contributed by atoms with E-state index in [1.165, 1.54) is 0 Å². The lowest BCUT2D eigenvalue weighted by atomic mass is 9.93. The Kier molecular flexibility index (Phi) is 3.64. The van der Waals surface area contributed by atoms with Crippen LogP contribution < -0.4 is 11.2 Å². The maximum Gasteiger partial charge on any atom is 0.327 e. The fourth-order valence-corrected chi connectivity index (χ4v) is 3.96. The molecule has 0 fully saturated rings. The van der Waals surface area contributed by atoms with Crippen LogP contribution in [0.2, 0.25) is 0 Å². The second-order valence-electron chi connectivity index (χ2n) is 7.49. The number of benzene rings is 2. The SMILES string of the molecule is CC(C)c1ccc(-c2c3c(nc4[nH]c(=O)[nH]c(=O)c24)-c2ccccc2C3=O)cc1. The molecule has 1 aliphatic rings. The van der Waals surface area contributed by atoms with Crippen LogP contribution in [0.1, 0.15) is 41.3 Å². The number of H-pyrrole nitrogens is 2. The number of ketones is 1. The van der Waals surface area contributed by atoms with Crippen LogP contribution in [-0.4, -0.2) is 20.7 Å². The monoisotopic (exact) mass is 383 g/mol. The van der Waals surface area contributed by atoms with E-state index in [-0.39, 0.29) is 16.8 Å². The second kappa shape index (κ2) is 6.10. The van der Waals surface area contributed by atoms with Crippen molar-refractivity contribution in [3.05, 3.63) is 86.1 Å². The first-order valence-corrected chi connectivity index (χ1v) is 9.40. The van der Waals surface area contributed by atoms with Crippen LogP contribution in [0.5, 0.6) is 0 Å². The van der Waals surface area contributed by atoms with E-state index < -0.39 is 11.2 Å². The highest BCUT2D eigenvalue weighted by atomic mass is 16.2. The molecule has 2 aromatic carbocycles. The molecule has 5 rings (SSSR count). The summed E-state index contributed by atoms with van der Waals surface area (Å²) in [6.45, 7) is 4.20. The van der Waals surface area contributed by atoms with Gasteiger partial charge in [-0.1, -0.05) is 62.4 Å². The summed E-state index contributed by atoms with van der Waals surface area (Å²) in [5.74, 6) is 0.188. The summed E-state index contributed by atoms with van der Waals surface area (Å²) < 4.78 is 0. The summed E-state index contributed by atoms with van der Waals surface area (Å²) in [7, 11) is 0. The number of carbonyl (C=O) groups is 1. The number of aromatic nitrogens is 3. The van der Waals surface area contributed by atoms with Gasteiger partial charge >= 0.3 is 5.69 Å². The van der Waals surface area contributed by atoms with E-state index in [1.54, 1.807) is 12.1 Å². The van der Waals surface area contributed by atoms with Crippen molar-refractivity contribution in [3.63, 3.8) is 0 Å². The topological polar surface area (TPSA) is 95.7 Å². The van der Waals surface area contributed by atoms with Gasteiger partial charge in [-0.05, 0) is 17.0 Å². The number of rotatable bonds is 2. The summed E-state index contributed by atoms with van der Waals surface area (Å²) in [6.07, 6.45) is 0. The van der Waals surface area contributed by atoms with Gasteiger partial charge in [0, 0.05) is 16.7 Å². The predicted molar refractivity (Wildman–Crippen MR) is 111 cm³/mol. The molecular weight excluding hydrogens is 366 g/mol. The summed E-state index contributed by atoms with van der Waals surface area (Å²) >= 11 is 0. The first-order chi connectivity index (χ1) is 14.0. The van der Waals surface area contributed by atoms with Gasteiger partial charge in [0.2, 0.25) is 0 Å². The maximum absolute atomic E-state index is 13.3. The van der Waals surface area contributed by atoms with E-state index in [0.717, 1.165) is 11.1 Å². The number of nitrogens with one attached hydrogen (secondary N) is 2. The molecular formula is C23H17N3O3. The number of hydrogen-bond acceptors (Lipinski definition) is 4. The van der Waals surface area contributed by atoms with Crippen molar-refractivity contribution in [3.8, 4) is 22.4 Å². The van der Waals surface area contributed by atoms with E-state index in [2.05, 4.69) is 28.8 Å². The van der Waals surface area contributed by atoms with E-state index in [9.17, 15) is 14.4 Å².